The summed E-state index contributed by atoms with van der Waals surface area (Å²) in [4.78, 5) is 39.5. The molecule has 0 N–H and O–H groups in total. The van der Waals surface area contributed by atoms with E-state index < -0.39 is 10.7 Å². The lowest BCUT2D eigenvalue weighted by Crippen LogP contribution is -2.20. The zero-order valence-corrected chi connectivity index (χ0v) is 16.2. The number of aryl methyl sites for hydroxylation is 1. The molecule has 0 atom stereocenters. The third kappa shape index (κ3) is 3.54. The van der Waals surface area contributed by atoms with Crippen molar-refractivity contribution in [3.63, 3.8) is 0 Å². The quantitative estimate of drug-likeness (QED) is 0.157. The van der Waals surface area contributed by atoms with Crippen molar-refractivity contribution in [2.45, 2.75) is 18.1 Å². The standard InChI is InChI=1S/C19H16N4O5S/c1-21-17(24)13-5-2-3-6-14(13)20-18(21)29-10-4-9-22-15-11-12(23(26)27)7-8-16(15)28-19(22)25/h2-3,5-8,11H,4,9-10H2,1H3. The highest BCUT2D eigenvalue weighted by atomic mass is 32.2. The first-order chi connectivity index (χ1) is 14.0. The van der Waals surface area contributed by atoms with Crippen molar-refractivity contribution in [3.8, 4) is 0 Å². The molecule has 0 amide bonds. The highest BCUT2D eigenvalue weighted by Gasteiger charge is 2.14. The number of nitrogens with zero attached hydrogens (tertiary/aromatic N) is 4. The molecule has 29 heavy (non-hydrogen) atoms. The number of fused-ring (bicyclic) bond motifs is 2. The fourth-order valence-electron chi connectivity index (χ4n) is 3.09. The summed E-state index contributed by atoms with van der Waals surface area (Å²) in [5.74, 6) is 0.0499. The molecule has 2 aromatic heterocycles. The smallest absolute Gasteiger partial charge is 0.408 e. The van der Waals surface area contributed by atoms with Gasteiger partial charge in [0.05, 0.1) is 21.3 Å². The predicted octanol–water partition coefficient (Wildman–Crippen LogP) is 2.93. The highest BCUT2D eigenvalue weighted by Crippen LogP contribution is 2.21. The second-order valence-corrected chi connectivity index (χ2v) is 7.47. The Morgan fingerprint density at radius 2 is 2.00 bits per heavy atom. The van der Waals surface area contributed by atoms with Crippen molar-refractivity contribution in [1.82, 2.24) is 14.1 Å². The fraction of sp³-hybridized carbons (Fsp3) is 0.211. The molecule has 0 unspecified atom stereocenters. The lowest BCUT2D eigenvalue weighted by molar-refractivity contribution is -0.384. The van der Waals surface area contributed by atoms with Crippen LogP contribution in [0.4, 0.5) is 5.69 Å². The average Bonchev–Trinajstić information content (AvgIpc) is 3.03. The van der Waals surface area contributed by atoms with E-state index in [0.717, 1.165) is 0 Å². The van der Waals surface area contributed by atoms with E-state index in [2.05, 4.69) is 4.98 Å². The summed E-state index contributed by atoms with van der Waals surface area (Å²) in [6, 6.07) is 11.2. The fourth-order valence-corrected chi connectivity index (χ4v) is 3.98. The maximum absolute atomic E-state index is 12.4. The van der Waals surface area contributed by atoms with Gasteiger partial charge in [-0.2, -0.15) is 0 Å². The number of nitro groups is 1. The van der Waals surface area contributed by atoms with Crippen LogP contribution in [0.2, 0.25) is 0 Å². The summed E-state index contributed by atoms with van der Waals surface area (Å²) in [5.41, 5.74) is 1.14. The van der Waals surface area contributed by atoms with Crippen LogP contribution >= 0.6 is 11.8 Å². The minimum Gasteiger partial charge on any atom is -0.408 e. The van der Waals surface area contributed by atoms with E-state index in [0.29, 0.717) is 45.9 Å². The number of nitro benzene ring substituents is 1. The van der Waals surface area contributed by atoms with Gasteiger partial charge in [-0.1, -0.05) is 23.9 Å². The molecular formula is C19H16N4O5S. The summed E-state index contributed by atoms with van der Waals surface area (Å²) in [5, 5.41) is 12.1. The van der Waals surface area contributed by atoms with Gasteiger partial charge in [0.15, 0.2) is 10.7 Å². The number of oxazole rings is 1. The van der Waals surface area contributed by atoms with Gasteiger partial charge in [-0.25, -0.2) is 9.78 Å². The van der Waals surface area contributed by atoms with Crippen LogP contribution in [0.5, 0.6) is 0 Å². The largest absolute Gasteiger partial charge is 0.419 e. The van der Waals surface area contributed by atoms with Crippen molar-refractivity contribution in [2.24, 2.45) is 7.05 Å². The Hall–Kier alpha value is -3.40. The molecule has 0 aliphatic rings. The maximum Gasteiger partial charge on any atom is 0.419 e. The van der Waals surface area contributed by atoms with Crippen LogP contribution in [0.3, 0.4) is 0 Å². The van der Waals surface area contributed by atoms with Crippen LogP contribution in [-0.2, 0) is 13.6 Å². The molecule has 2 heterocycles. The monoisotopic (exact) mass is 412 g/mol. The van der Waals surface area contributed by atoms with Crippen molar-refractivity contribution in [3.05, 3.63) is 73.5 Å². The number of benzene rings is 2. The molecule has 0 aliphatic carbocycles. The Labute approximate surface area is 167 Å². The van der Waals surface area contributed by atoms with Gasteiger partial charge in [0.2, 0.25) is 0 Å². The number of non-ortho nitro benzene ring substituents is 1. The summed E-state index contributed by atoms with van der Waals surface area (Å²) < 4.78 is 8.05. The van der Waals surface area contributed by atoms with E-state index in [1.807, 2.05) is 6.07 Å². The van der Waals surface area contributed by atoms with E-state index in [1.165, 1.54) is 39.1 Å². The molecular weight excluding hydrogens is 396 g/mol. The summed E-state index contributed by atoms with van der Waals surface area (Å²) in [6.45, 7) is 0.335. The molecule has 0 spiro atoms. The lowest BCUT2D eigenvalue weighted by atomic mass is 10.2. The number of thioether (sulfide) groups is 1. The number of rotatable bonds is 6. The van der Waals surface area contributed by atoms with Crippen LogP contribution in [0.1, 0.15) is 6.42 Å². The normalized spacial score (nSPS) is 11.3. The maximum atomic E-state index is 12.4. The topological polar surface area (TPSA) is 113 Å². The SMILES string of the molecule is Cn1c(SCCCn2c(=O)oc3ccc([N+](=O)[O-])cc32)nc2ccccc2c1=O. The Morgan fingerprint density at radius 3 is 2.79 bits per heavy atom. The van der Waals surface area contributed by atoms with E-state index in [9.17, 15) is 19.7 Å². The van der Waals surface area contributed by atoms with Gasteiger partial charge in [0.1, 0.15) is 0 Å². The molecule has 4 aromatic rings. The van der Waals surface area contributed by atoms with E-state index in [1.54, 1.807) is 25.2 Å². The van der Waals surface area contributed by atoms with Gasteiger partial charge in [0, 0.05) is 31.5 Å². The Balaban J connectivity index is 1.51. The zero-order chi connectivity index (χ0) is 20.5. The molecule has 0 radical (unpaired) electrons. The molecule has 0 aliphatic heterocycles. The van der Waals surface area contributed by atoms with Gasteiger partial charge >= 0.3 is 5.76 Å². The Bertz CT molecular complexity index is 1350. The number of hydrogen-bond donors (Lipinski definition) is 0. The second-order valence-electron chi connectivity index (χ2n) is 6.41. The molecule has 0 bridgehead atoms. The first-order valence-corrected chi connectivity index (χ1v) is 9.80. The van der Waals surface area contributed by atoms with E-state index in [4.69, 9.17) is 4.42 Å². The summed E-state index contributed by atoms with van der Waals surface area (Å²) >= 11 is 1.41. The number of aromatic nitrogens is 3. The Morgan fingerprint density at radius 1 is 1.21 bits per heavy atom. The molecule has 2 aromatic carbocycles. The number of hydrogen-bond acceptors (Lipinski definition) is 7. The molecule has 4 rings (SSSR count). The second kappa shape index (κ2) is 7.55. The molecule has 0 saturated heterocycles. The predicted molar refractivity (Wildman–Crippen MR) is 109 cm³/mol. The number of para-hydroxylation sites is 1. The first kappa shape index (κ1) is 18.9. The Kier molecular flexibility index (Phi) is 4.93. The molecule has 9 nitrogen and oxygen atoms in total. The molecule has 148 valence electrons. The highest BCUT2D eigenvalue weighted by molar-refractivity contribution is 7.99. The van der Waals surface area contributed by atoms with Gasteiger partial charge in [-0.05, 0) is 24.6 Å². The van der Waals surface area contributed by atoms with Crippen molar-refractivity contribution in [1.29, 1.82) is 0 Å². The third-order valence-electron chi connectivity index (χ3n) is 4.56. The minimum atomic E-state index is -0.554. The lowest BCUT2D eigenvalue weighted by Gasteiger charge is -2.08. The average molecular weight is 412 g/mol. The van der Waals surface area contributed by atoms with Crippen molar-refractivity contribution in [2.75, 3.05) is 5.75 Å². The van der Waals surface area contributed by atoms with Gasteiger partial charge in [0.25, 0.3) is 11.2 Å². The third-order valence-corrected chi connectivity index (χ3v) is 5.68. The van der Waals surface area contributed by atoms with E-state index >= 15 is 0 Å². The molecule has 10 heteroatoms. The first-order valence-electron chi connectivity index (χ1n) is 8.82. The van der Waals surface area contributed by atoms with Crippen LogP contribution < -0.4 is 11.3 Å². The molecule has 0 saturated carbocycles. The van der Waals surface area contributed by atoms with Crippen molar-refractivity contribution >= 4 is 39.5 Å². The zero-order valence-electron chi connectivity index (χ0n) is 15.4. The van der Waals surface area contributed by atoms with Crippen LogP contribution in [0.25, 0.3) is 22.0 Å². The van der Waals surface area contributed by atoms with E-state index in [-0.39, 0.29) is 11.2 Å². The van der Waals surface area contributed by atoms with Crippen LogP contribution in [-0.4, -0.2) is 24.8 Å². The van der Waals surface area contributed by atoms with Gasteiger partial charge < -0.3 is 4.42 Å². The summed E-state index contributed by atoms with van der Waals surface area (Å²) in [6.07, 6.45) is 0.588. The van der Waals surface area contributed by atoms with Gasteiger partial charge in [-0.3, -0.25) is 24.0 Å². The summed E-state index contributed by atoms with van der Waals surface area (Å²) in [7, 11) is 1.68. The molecule has 0 fully saturated rings. The van der Waals surface area contributed by atoms with Crippen LogP contribution in [0, 0.1) is 10.1 Å². The van der Waals surface area contributed by atoms with Crippen molar-refractivity contribution < 1.29 is 9.34 Å². The van der Waals surface area contributed by atoms with Crippen LogP contribution in [0.15, 0.2) is 61.6 Å². The minimum absolute atomic E-state index is 0.100. The van der Waals surface area contributed by atoms with Gasteiger partial charge in [-0.15, -0.1) is 0 Å².